The molecule has 4 saturated heterocycles. The Morgan fingerprint density at radius 1 is 0.838 bits per heavy atom. The third-order valence-electron chi connectivity index (χ3n) is 8.18. The van der Waals surface area contributed by atoms with Crippen LogP contribution in [0.25, 0.3) is 0 Å². The summed E-state index contributed by atoms with van der Waals surface area (Å²) in [7, 11) is 1.72. The van der Waals surface area contributed by atoms with E-state index in [0.29, 0.717) is 32.7 Å². The van der Waals surface area contributed by atoms with Crippen LogP contribution in [-0.4, -0.2) is 68.8 Å². The largest absolute Gasteiger partial charge is 0.375 e. The van der Waals surface area contributed by atoms with Crippen molar-refractivity contribution in [2.24, 2.45) is 0 Å². The van der Waals surface area contributed by atoms with Gasteiger partial charge in [0.15, 0.2) is 5.79 Å². The summed E-state index contributed by atoms with van der Waals surface area (Å²) in [6.45, 7) is 2.28. The van der Waals surface area contributed by atoms with Gasteiger partial charge in [0.05, 0.1) is 50.3 Å². The van der Waals surface area contributed by atoms with Gasteiger partial charge in [-0.2, -0.15) is 0 Å². The molecule has 0 bridgehead atoms. The van der Waals surface area contributed by atoms with E-state index in [9.17, 15) is 0 Å². The van der Waals surface area contributed by atoms with Crippen molar-refractivity contribution in [2.75, 3.05) is 20.3 Å². The minimum absolute atomic E-state index is 0.00951. The predicted molar refractivity (Wildman–Crippen MR) is 136 cm³/mol. The molecule has 7 heteroatoms. The molecule has 37 heavy (non-hydrogen) atoms. The SMILES string of the molecule is CO[C@]12C[C@H]3OCCC[C@@H]3O[C@@H]1C[C@@H]1O[C@H](COCc3ccccc3)[C@@H](OCc3ccccc3)C[C@H]1O2. The monoisotopic (exact) mass is 510 g/mol. The van der Waals surface area contributed by atoms with E-state index < -0.39 is 5.79 Å². The number of fused-ring (bicyclic) bond motifs is 3. The van der Waals surface area contributed by atoms with Crippen molar-refractivity contribution in [3.63, 3.8) is 0 Å². The summed E-state index contributed by atoms with van der Waals surface area (Å²) < 4.78 is 44.5. The molecule has 2 aromatic rings. The van der Waals surface area contributed by atoms with E-state index in [4.69, 9.17) is 33.2 Å². The zero-order chi connectivity index (χ0) is 25.1. The predicted octanol–water partition coefficient (Wildman–Crippen LogP) is 4.41. The molecule has 4 aliphatic heterocycles. The van der Waals surface area contributed by atoms with Crippen LogP contribution in [-0.2, 0) is 46.4 Å². The molecule has 0 aliphatic carbocycles. The first-order chi connectivity index (χ1) is 18.2. The van der Waals surface area contributed by atoms with Crippen LogP contribution < -0.4 is 0 Å². The van der Waals surface area contributed by atoms with Crippen LogP contribution in [0.1, 0.15) is 43.2 Å². The van der Waals surface area contributed by atoms with Gasteiger partial charge in [0.1, 0.15) is 12.2 Å². The normalized spacial score (nSPS) is 37.3. The molecule has 6 rings (SSSR count). The van der Waals surface area contributed by atoms with E-state index in [2.05, 4.69) is 24.3 Å². The Kier molecular flexibility index (Phi) is 7.90. The van der Waals surface area contributed by atoms with Crippen LogP contribution in [0.2, 0.25) is 0 Å². The van der Waals surface area contributed by atoms with Gasteiger partial charge in [-0.05, 0) is 24.0 Å². The minimum atomic E-state index is -0.816. The molecule has 200 valence electrons. The number of hydrogen-bond donors (Lipinski definition) is 0. The van der Waals surface area contributed by atoms with Gasteiger partial charge in [-0.3, -0.25) is 0 Å². The van der Waals surface area contributed by atoms with E-state index in [1.54, 1.807) is 7.11 Å². The first kappa shape index (κ1) is 25.4. The summed E-state index contributed by atoms with van der Waals surface area (Å²) in [4.78, 5) is 0. The summed E-state index contributed by atoms with van der Waals surface area (Å²) in [5.41, 5.74) is 2.27. The molecular weight excluding hydrogens is 472 g/mol. The molecule has 0 radical (unpaired) electrons. The highest BCUT2D eigenvalue weighted by Crippen LogP contribution is 2.46. The van der Waals surface area contributed by atoms with Crippen molar-refractivity contribution in [3.8, 4) is 0 Å². The van der Waals surface area contributed by atoms with E-state index in [0.717, 1.165) is 37.0 Å². The second-order valence-corrected chi connectivity index (χ2v) is 10.6. The maximum Gasteiger partial charge on any atom is 0.197 e. The van der Waals surface area contributed by atoms with Crippen molar-refractivity contribution in [3.05, 3.63) is 71.8 Å². The lowest BCUT2D eigenvalue weighted by Gasteiger charge is -2.56. The van der Waals surface area contributed by atoms with Gasteiger partial charge < -0.3 is 33.2 Å². The third-order valence-corrected chi connectivity index (χ3v) is 8.18. The van der Waals surface area contributed by atoms with Crippen molar-refractivity contribution >= 4 is 0 Å². The van der Waals surface area contributed by atoms with Gasteiger partial charge in [0, 0.05) is 33.0 Å². The van der Waals surface area contributed by atoms with Crippen LogP contribution >= 0.6 is 0 Å². The molecule has 4 heterocycles. The number of ether oxygens (including phenoxy) is 7. The van der Waals surface area contributed by atoms with Gasteiger partial charge in [0.2, 0.25) is 0 Å². The Bertz CT molecular complexity index is 988. The van der Waals surface area contributed by atoms with E-state index >= 15 is 0 Å². The van der Waals surface area contributed by atoms with E-state index in [1.165, 1.54) is 0 Å². The highest BCUT2D eigenvalue weighted by Gasteiger charge is 2.58. The summed E-state index contributed by atoms with van der Waals surface area (Å²) in [6.07, 6.45) is 3.48. The fourth-order valence-corrected chi connectivity index (χ4v) is 6.20. The highest BCUT2D eigenvalue weighted by molar-refractivity contribution is 5.14. The summed E-state index contributed by atoms with van der Waals surface area (Å²) in [5, 5.41) is 0. The standard InChI is InChI=1S/C30H38O7/c1-31-30-17-27-23(13-8-14-33-27)36-29(30)16-25-26(37-30)15-24(34-19-22-11-6-3-7-12-22)28(35-25)20-32-18-21-9-4-2-5-10-21/h2-7,9-12,23-29H,8,13-20H2,1H3/t23-,24-,25-,26+,27+,28+,29+,30-/m0/s1. The number of benzene rings is 2. The molecule has 4 aliphatic rings. The van der Waals surface area contributed by atoms with E-state index in [1.807, 2.05) is 36.4 Å². The van der Waals surface area contributed by atoms with Gasteiger partial charge in [-0.1, -0.05) is 60.7 Å². The number of hydrogen-bond acceptors (Lipinski definition) is 7. The first-order valence-corrected chi connectivity index (χ1v) is 13.6. The fraction of sp³-hybridized carbons (Fsp3) is 0.600. The Balaban J connectivity index is 1.15. The van der Waals surface area contributed by atoms with Crippen LogP contribution in [0.4, 0.5) is 0 Å². The molecule has 7 nitrogen and oxygen atoms in total. The Morgan fingerprint density at radius 3 is 2.35 bits per heavy atom. The first-order valence-electron chi connectivity index (χ1n) is 13.6. The Labute approximate surface area is 219 Å². The molecule has 4 fully saturated rings. The van der Waals surface area contributed by atoms with Crippen LogP contribution in [0.3, 0.4) is 0 Å². The molecule has 2 aromatic carbocycles. The Morgan fingerprint density at radius 2 is 1.59 bits per heavy atom. The maximum atomic E-state index is 6.71. The highest BCUT2D eigenvalue weighted by atomic mass is 16.7. The van der Waals surface area contributed by atoms with Crippen LogP contribution in [0.15, 0.2) is 60.7 Å². The van der Waals surface area contributed by atoms with Gasteiger partial charge in [-0.25, -0.2) is 0 Å². The van der Waals surface area contributed by atoms with Crippen molar-refractivity contribution in [1.29, 1.82) is 0 Å². The lowest BCUT2D eigenvalue weighted by molar-refractivity contribution is -0.396. The summed E-state index contributed by atoms with van der Waals surface area (Å²) >= 11 is 0. The van der Waals surface area contributed by atoms with Gasteiger partial charge in [0.25, 0.3) is 0 Å². The van der Waals surface area contributed by atoms with Gasteiger partial charge >= 0.3 is 0 Å². The average Bonchev–Trinajstić information content (AvgIpc) is 2.95. The van der Waals surface area contributed by atoms with Crippen LogP contribution in [0, 0.1) is 0 Å². The Hall–Kier alpha value is -1.84. The van der Waals surface area contributed by atoms with Crippen molar-refractivity contribution in [2.45, 2.75) is 93.8 Å². The zero-order valence-corrected chi connectivity index (χ0v) is 21.5. The average molecular weight is 511 g/mol. The topological polar surface area (TPSA) is 64.6 Å². The smallest absolute Gasteiger partial charge is 0.197 e. The lowest BCUT2D eigenvalue weighted by Crippen LogP contribution is -2.67. The molecule has 0 amide bonds. The molecule has 8 atom stereocenters. The third kappa shape index (κ3) is 5.64. The molecule has 0 N–H and O–H groups in total. The van der Waals surface area contributed by atoms with Gasteiger partial charge in [-0.15, -0.1) is 0 Å². The zero-order valence-electron chi connectivity index (χ0n) is 21.5. The van der Waals surface area contributed by atoms with E-state index in [-0.39, 0.29) is 42.7 Å². The fourth-order valence-electron chi connectivity index (χ4n) is 6.20. The molecular formula is C30H38O7. The van der Waals surface area contributed by atoms with Crippen molar-refractivity contribution < 1.29 is 33.2 Å². The quantitative estimate of drug-likeness (QED) is 0.521. The summed E-state index contributed by atoms with van der Waals surface area (Å²) in [6, 6.07) is 20.4. The second-order valence-electron chi connectivity index (χ2n) is 10.6. The van der Waals surface area contributed by atoms with Crippen LogP contribution in [0.5, 0.6) is 0 Å². The molecule has 0 unspecified atom stereocenters. The lowest BCUT2D eigenvalue weighted by atomic mass is 9.83. The maximum absolute atomic E-state index is 6.71. The molecule has 0 spiro atoms. The summed E-state index contributed by atoms with van der Waals surface area (Å²) in [5.74, 6) is -0.816. The van der Waals surface area contributed by atoms with Crippen molar-refractivity contribution in [1.82, 2.24) is 0 Å². The number of rotatable bonds is 8. The minimum Gasteiger partial charge on any atom is -0.375 e. The molecule has 0 saturated carbocycles. The number of methoxy groups -OCH3 is 1. The second kappa shape index (κ2) is 11.5. The molecule has 0 aromatic heterocycles.